The molecule has 0 radical (unpaired) electrons. The zero-order valence-corrected chi connectivity index (χ0v) is 13.9. The number of amides is 1. The van der Waals surface area contributed by atoms with Crippen LogP contribution in [0.1, 0.15) is 23.0 Å². The molecular formula is C18H20FNO2S. The van der Waals surface area contributed by atoms with Crippen molar-refractivity contribution in [1.29, 1.82) is 0 Å². The summed E-state index contributed by atoms with van der Waals surface area (Å²) in [6, 6.07) is 10.3. The number of nitrogens with zero attached hydrogens (tertiary/aromatic N) is 1. The van der Waals surface area contributed by atoms with E-state index in [0.29, 0.717) is 22.9 Å². The number of benzene rings is 1. The molecule has 0 aliphatic carbocycles. The third-order valence-electron chi connectivity index (χ3n) is 4.13. The number of hydrogen-bond acceptors (Lipinski definition) is 3. The molecule has 0 spiro atoms. The molecule has 1 aliphatic heterocycles. The average Bonchev–Trinajstić information content (AvgIpc) is 3.24. The predicted octanol–water partition coefficient (Wildman–Crippen LogP) is 4.05. The van der Waals surface area contributed by atoms with Gasteiger partial charge in [-0.3, -0.25) is 4.79 Å². The number of thiophene rings is 1. The summed E-state index contributed by atoms with van der Waals surface area (Å²) in [6.07, 6.45) is 1.01. The number of carbonyl (C=O) groups is 1. The molecule has 0 N–H and O–H groups in total. The second kappa shape index (κ2) is 7.23. The van der Waals surface area contributed by atoms with Crippen molar-refractivity contribution in [2.45, 2.75) is 13.3 Å². The van der Waals surface area contributed by atoms with Crippen LogP contribution >= 0.6 is 11.3 Å². The Balaban J connectivity index is 1.75. The van der Waals surface area contributed by atoms with Gasteiger partial charge in [0, 0.05) is 36.1 Å². The molecule has 1 aromatic carbocycles. The van der Waals surface area contributed by atoms with E-state index in [1.165, 1.54) is 17.4 Å². The van der Waals surface area contributed by atoms with Crippen LogP contribution in [0.15, 0.2) is 36.4 Å². The lowest BCUT2D eigenvalue weighted by atomic mass is 10.1. The fourth-order valence-corrected chi connectivity index (χ4v) is 3.81. The van der Waals surface area contributed by atoms with E-state index in [9.17, 15) is 9.18 Å². The minimum atomic E-state index is -0.260. The van der Waals surface area contributed by atoms with Crippen LogP contribution in [-0.2, 0) is 4.74 Å². The van der Waals surface area contributed by atoms with Gasteiger partial charge in [0.2, 0.25) is 0 Å². The molecule has 2 heterocycles. The maximum Gasteiger partial charge on any atom is 0.263 e. The number of hydrogen-bond donors (Lipinski definition) is 0. The van der Waals surface area contributed by atoms with Crippen molar-refractivity contribution in [1.82, 2.24) is 4.90 Å². The van der Waals surface area contributed by atoms with E-state index in [4.69, 9.17) is 4.74 Å². The molecule has 1 amide bonds. The van der Waals surface area contributed by atoms with Gasteiger partial charge in [0.05, 0.1) is 11.5 Å². The van der Waals surface area contributed by atoms with Crippen LogP contribution < -0.4 is 0 Å². The summed E-state index contributed by atoms with van der Waals surface area (Å²) in [5, 5.41) is 0. The van der Waals surface area contributed by atoms with Gasteiger partial charge in [0.15, 0.2) is 0 Å². The van der Waals surface area contributed by atoms with Crippen LogP contribution in [0.2, 0.25) is 0 Å². The van der Waals surface area contributed by atoms with Crippen LogP contribution in [-0.4, -0.2) is 37.1 Å². The fraction of sp³-hybridized carbons (Fsp3) is 0.389. The molecule has 122 valence electrons. The predicted molar refractivity (Wildman–Crippen MR) is 90.2 cm³/mol. The number of carbonyl (C=O) groups excluding carboxylic acids is 1. The van der Waals surface area contributed by atoms with E-state index in [1.54, 1.807) is 24.3 Å². The molecule has 1 aromatic heterocycles. The van der Waals surface area contributed by atoms with E-state index in [-0.39, 0.29) is 11.7 Å². The SMILES string of the molecule is CCN(C[C@@H]1CCOC1)C(=O)c1ccc(-c2ccccc2F)s1. The van der Waals surface area contributed by atoms with Crippen LogP contribution in [0.3, 0.4) is 0 Å². The van der Waals surface area contributed by atoms with Crippen LogP contribution in [0.5, 0.6) is 0 Å². The molecule has 2 aromatic rings. The second-order valence-electron chi connectivity index (χ2n) is 5.72. The zero-order chi connectivity index (χ0) is 16.2. The lowest BCUT2D eigenvalue weighted by Crippen LogP contribution is -2.35. The maximum absolute atomic E-state index is 13.9. The molecule has 1 fully saturated rings. The van der Waals surface area contributed by atoms with Gasteiger partial charge in [0.1, 0.15) is 5.82 Å². The van der Waals surface area contributed by atoms with Crippen molar-refractivity contribution >= 4 is 17.2 Å². The molecule has 3 nitrogen and oxygen atoms in total. The van der Waals surface area contributed by atoms with Crippen LogP contribution in [0, 0.1) is 11.7 Å². The lowest BCUT2D eigenvalue weighted by molar-refractivity contribution is 0.0735. The van der Waals surface area contributed by atoms with E-state index >= 15 is 0 Å². The Morgan fingerprint density at radius 2 is 2.17 bits per heavy atom. The molecule has 1 saturated heterocycles. The molecule has 23 heavy (non-hydrogen) atoms. The highest BCUT2D eigenvalue weighted by atomic mass is 32.1. The van der Waals surface area contributed by atoms with Gasteiger partial charge < -0.3 is 9.64 Å². The Labute approximate surface area is 139 Å². The fourth-order valence-electron chi connectivity index (χ4n) is 2.81. The van der Waals surface area contributed by atoms with Crippen molar-refractivity contribution in [2.24, 2.45) is 5.92 Å². The van der Waals surface area contributed by atoms with E-state index in [2.05, 4.69) is 0 Å². The molecular weight excluding hydrogens is 313 g/mol. The first-order chi connectivity index (χ1) is 11.2. The first kappa shape index (κ1) is 16.1. The van der Waals surface area contributed by atoms with Crippen LogP contribution in [0.25, 0.3) is 10.4 Å². The molecule has 1 aliphatic rings. The van der Waals surface area contributed by atoms with Gasteiger partial charge in [-0.25, -0.2) is 4.39 Å². The van der Waals surface area contributed by atoms with E-state index < -0.39 is 0 Å². The Kier molecular flexibility index (Phi) is 5.08. The Morgan fingerprint density at radius 1 is 1.35 bits per heavy atom. The van der Waals surface area contributed by atoms with Gasteiger partial charge in [-0.1, -0.05) is 18.2 Å². The highest BCUT2D eigenvalue weighted by Crippen LogP contribution is 2.30. The van der Waals surface area contributed by atoms with Gasteiger partial charge in [-0.15, -0.1) is 11.3 Å². The van der Waals surface area contributed by atoms with E-state index in [0.717, 1.165) is 31.1 Å². The summed E-state index contributed by atoms with van der Waals surface area (Å²) in [7, 11) is 0. The standard InChI is InChI=1S/C18H20FNO2S/c1-2-20(11-13-9-10-22-12-13)18(21)17-8-7-16(23-17)14-5-3-4-6-15(14)19/h3-8,13H,2,9-12H2,1H3/t13-/m0/s1. The number of rotatable bonds is 5. The Bertz CT molecular complexity index is 679. The highest BCUT2D eigenvalue weighted by molar-refractivity contribution is 7.17. The summed E-state index contributed by atoms with van der Waals surface area (Å²) in [5.74, 6) is 0.181. The zero-order valence-electron chi connectivity index (χ0n) is 13.1. The third-order valence-corrected chi connectivity index (χ3v) is 5.23. The average molecular weight is 333 g/mol. The number of halogens is 1. The van der Waals surface area contributed by atoms with Crippen molar-refractivity contribution in [3.05, 3.63) is 47.1 Å². The van der Waals surface area contributed by atoms with Gasteiger partial charge >= 0.3 is 0 Å². The molecule has 5 heteroatoms. The molecule has 0 unspecified atom stereocenters. The summed E-state index contributed by atoms with van der Waals surface area (Å²) >= 11 is 1.35. The highest BCUT2D eigenvalue weighted by Gasteiger charge is 2.23. The van der Waals surface area contributed by atoms with E-state index in [1.807, 2.05) is 17.9 Å². The van der Waals surface area contributed by atoms with Gasteiger partial charge in [-0.05, 0) is 31.5 Å². The maximum atomic E-state index is 13.9. The summed E-state index contributed by atoms with van der Waals surface area (Å²) < 4.78 is 19.3. The molecule has 0 saturated carbocycles. The molecule has 0 bridgehead atoms. The van der Waals surface area contributed by atoms with Crippen molar-refractivity contribution in [2.75, 3.05) is 26.3 Å². The Hall–Kier alpha value is -1.72. The minimum Gasteiger partial charge on any atom is -0.381 e. The monoisotopic (exact) mass is 333 g/mol. The first-order valence-corrected chi connectivity index (χ1v) is 8.72. The summed E-state index contributed by atoms with van der Waals surface area (Å²) in [6.45, 7) is 4.89. The van der Waals surface area contributed by atoms with Crippen molar-refractivity contribution in [3.8, 4) is 10.4 Å². The van der Waals surface area contributed by atoms with Crippen LogP contribution in [0.4, 0.5) is 4.39 Å². The quantitative estimate of drug-likeness (QED) is 0.826. The molecule has 3 rings (SSSR count). The minimum absolute atomic E-state index is 0.0204. The topological polar surface area (TPSA) is 29.5 Å². The normalized spacial score (nSPS) is 17.4. The van der Waals surface area contributed by atoms with Gasteiger partial charge in [-0.2, -0.15) is 0 Å². The molecule has 1 atom stereocenters. The van der Waals surface area contributed by atoms with Gasteiger partial charge in [0.25, 0.3) is 5.91 Å². The summed E-state index contributed by atoms with van der Waals surface area (Å²) in [4.78, 5) is 16.0. The summed E-state index contributed by atoms with van der Waals surface area (Å²) in [5.41, 5.74) is 0.545. The lowest BCUT2D eigenvalue weighted by Gasteiger charge is -2.23. The first-order valence-electron chi connectivity index (χ1n) is 7.90. The largest absolute Gasteiger partial charge is 0.381 e. The number of ether oxygens (including phenoxy) is 1. The second-order valence-corrected chi connectivity index (χ2v) is 6.80. The smallest absolute Gasteiger partial charge is 0.263 e. The van der Waals surface area contributed by atoms with Crippen molar-refractivity contribution in [3.63, 3.8) is 0 Å². The third kappa shape index (κ3) is 3.62. The van der Waals surface area contributed by atoms with Crippen molar-refractivity contribution < 1.29 is 13.9 Å². The Morgan fingerprint density at radius 3 is 2.87 bits per heavy atom.